The number of carbonyl (C=O) groups is 1. The van der Waals surface area contributed by atoms with Crippen molar-refractivity contribution < 1.29 is 19.6 Å². The van der Waals surface area contributed by atoms with Crippen LogP contribution in [0.5, 0.6) is 5.75 Å². The Morgan fingerprint density at radius 1 is 1.52 bits per heavy atom. The lowest BCUT2D eigenvalue weighted by molar-refractivity contribution is -0.385. The molecule has 1 aromatic carbocycles. The van der Waals surface area contributed by atoms with Crippen LogP contribution in [0.4, 0.5) is 5.69 Å². The molecule has 0 unspecified atom stereocenters. The monoisotopic (exact) mass is 322 g/mol. The average Bonchev–Trinajstić information content (AvgIpc) is 2.53. The quantitative estimate of drug-likeness (QED) is 0.678. The normalized spacial score (nSPS) is 21.1. The van der Waals surface area contributed by atoms with Crippen LogP contribution in [-0.4, -0.2) is 46.6 Å². The maximum atomic E-state index is 12.9. The van der Waals surface area contributed by atoms with Crippen LogP contribution in [0, 0.1) is 17.0 Å². The molecular weight excluding hydrogens is 300 g/mol. The first-order chi connectivity index (χ1) is 10.9. The second-order valence-corrected chi connectivity index (χ2v) is 5.83. The zero-order valence-electron chi connectivity index (χ0n) is 13.6. The fraction of sp³-hybridized carbons (Fsp3) is 0.562. The number of hydrogen-bond donors (Lipinski definition) is 1. The lowest BCUT2D eigenvalue weighted by Crippen LogP contribution is -2.47. The number of nitrogens with zero attached hydrogens (tertiary/aromatic N) is 2. The minimum atomic E-state index is -0.542. The number of likely N-dealkylation sites (tertiary alicyclic amines) is 1. The van der Waals surface area contributed by atoms with Crippen molar-refractivity contribution in [2.24, 2.45) is 0 Å². The van der Waals surface area contributed by atoms with Gasteiger partial charge in [0.25, 0.3) is 11.6 Å². The lowest BCUT2D eigenvalue weighted by atomic mass is 9.96. The molecule has 7 heteroatoms. The Kier molecular flexibility index (Phi) is 5.20. The summed E-state index contributed by atoms with van der Waals surface area (Å²) in [6, 6.07) is 2.69. The molecule has 1 N–H and O–H groups in total. The molecule has 1 heterocycles. The third kappa shape index (κ3) is 3.44. The number of aryl methyl sites for hydroxylation is 1. The summed E-state index contributed by atoms with van der Waals surface area (Å²) in [6.07, 6.45) is 1.25. The summed E-state index contributed by atoms with van der Waals surface area (Å²) in [4.78, 5) is 25.3. The smallest absolute Gasteiger partial charge is 0.282 e. The molecule has 1 aliphatic heterocycles. The van der Waals surface area contributed by atoms with Crippen LogP contribution in [0.15, 0.2) is 12.1 Å². The van der Waals surface area contributed by atoms with Crippen LogP contribution in [0.3, 0.4) is 0 Å². The highest BCUT2D eigenvalue weighted by Crippen LogP contribution is 2.31. The predicted molar refractivity (Wildman–Crippen MR) is 84.7 cm³/mol. The van der Waals surface area contributed by atoms with E-state index in [0.29, 0.717) is 37.1 Å². The summed E-state index contributed by atoms with van der Waals surface area (Å²) in [6.45, 7) is 4.03. The van der Waals surface area contributed by atoms with Crippen molar-refractivity contribution >= 4 is 11.6 Å². The molecule has 0 radical (unpaired) electrons. The maximum absolute atomic E-state index is 12.9. The molecule has 1 amide bonds. The van der Waals surface area contributed by atoms with Gasteiger partial charge in [-0.3, -0.25) is 14.9 Å². The van der Waals surface area contributed by atoms with E-state index in [1.54, 1.807) is 11.8 Å². The van der Waals surface area contributed by atoms with Gasteiger partial charge in [-0.2, -0.15) is 0 Å². The number of aliphatic hydroxyl groups is 1. The molecule has 2 rings (SSSR count). The number of amides is 1. The lowest BCUT2D eigenvalue weighted by Gasteiger charge is -2.37. The first-order valence-electron chi connectivity index (χ1n) is 7.71. The molecule has 0 aromatic heterocycles. The Bertz CT molecular complexity index is 617. The van der Waals surface area contributed by atoms with E-state index < -0.39 is 11.0 Å². The number of methoxy groups -OCH3 is 1. The summed E-state index contributed by atoms with van der Waals surface area (Å²) in [5, 5.41) is 21.1. The molecule has 1 saturated heterocycles. The molecular formula is C16H22N2O5. The fourth-order valence-corrected chi connectivity index (χ4v) is 3.05. The number of benzene rings is 1. The molecule has 0 aliphatic carbocycles. The zero-order valence-corrected chi connectivity index (χ0v) is 13.6. The van der Waals surface area contributed by atoms with E-state index in [1.807, 2.05) is 6.92 Å². The van der Waals surface area contributed by atoms with E-state index in [9.17, 15) is 20.0 Å². The van der Waals surface area contributed by atoms with Gasteiger partial charge in [-0.05, 0) is 31.7 Å². The summed E-state index contributed by atoms with van der Waals surface area (Å²) in [5.74, 6) is 0.0674. The minimum Gasteiger partial charge on any atom is -0.496 e. The Morgan fingerprint density at radius 3 is 2.78 bits per heavy atom. The fourth-order valence-electron chi connectivity index (χ4n) is 3.05. The number of piperidine rings is 1. The second kappa shape index (κ2) is 6.95. The maximum Gasteiger partial charge on any atom is 0.282 e. The van der Waals surface area contributed by atoms with Crippen molar-refractivity contribution in [2.75, 3.05) is 13.7 Å². The van der Waals surface area contributed by atoms with Gasteiger partial charge in [0.2, 0.25) is 0 Å². The standard InChI is InChI=1S/C16H22N2O5/c1-4-11-8-12(19)5-6-17(11)16(20)13-9-15(23-3)10(2)7-14(13)18(21)22/h7,9,11-12,19H,4-6,8H2,1-3H3/t11-,12+/m1/s1. The number of rotatable bonds is 4. The van der Waals surface area contributed by atoms with E-state index in [0.717, 1.165) is 0 Å². The minimum absolute atomic E-state index is 0.0345. The molecule has 1 fully saturated rings. The van der Waals surface area contributed by atoms with Crippen LogP contribution in [0.2, 0.25) is 0 Å². The SMILES string of the molecule is CC[C@@H]1C[C@@H](O)CCN1C(=O)c1cc(OC)c(C)cc1[N+](=O)[O-]. The number of carbonyl (C=O) groups excluding carboxylic acids is 1. The summed E-state index contributed by atoms with van der Waals surface area (Å²) in [7, 11) is 1.47. The Hall–Kier alpha value is -2.15. The van der Waals surface area contributed by atoms with Crippen molar-refractivity contribution in [1.82, 2.24) is 4.90 Å². The Morgan fingerprint density at radius 2 is 2.22 bits per heavy atom. The first kappa shape index (κ1) is 17.2. The van der Waals surface area contributed by atoms with Crippen LogP contribution < -0.4 is 4.74 Å². The third-order valence-electron chi connectivity index (χ3n) is 4.36. The molecule has 23 heavy (non-hydrogen) atoms. The number of ether oxygens (including phenoxy) is 1. The number of nitro benzene ring substituents is 1. The van der Waals surface area contributed by atoms with Crippen molar-refractivity contribution in [3.8, 4) is 5.75 Å². The van der Waals surface area contributed by atoms with E-state index in [4.69, 9.17) is 4.74 Å². The Balaban J connectivity index is 2.43. The van der Waals surface area contributed by atoms with E-state index in [2.05, 4.69) is 0 Å². The molecule has 7 nitrogen and oxygen atoms in total. The highest BCUT2D eigenvalue weighted by Gasteiger charge is 2.33. The topological polar surface area (TPSA) is 92.9 Å². The summed E-state index contributed by atoms with van der Waals surface area (Å²) in [5.41, 5.74) is 0.429. The third-order valence-corrected chi connectivity index (χ3v) is 4.36. The van der Waals surface area contributed by atoms with Gasteiger partial charge in [0.15, 0.2) is 0 Å². The Labute approximate surface area is 135 Å². The second-order valence-electron chi connectivity index (χ2n) is 5.83. The van der Waals surface area contributed by atoms with Crippen LogP contribution >= 0.6 is 0 Å². The highest BCUT2D eigenvalue weighted by molar-refractivity contribution is 5.99. The van der Waals surface area contributed by atoms with E-state index in [1.165, 1.54) is 19.2 Å². The molecule has 0 bridgehead atoms. The molecule has 1 aromatic rings. The van der Waals surface area contributed by atoms with Gasteiger partial charge in [0.1, 0.15) is 11.3 Å². The summed E-state index contributed by atoms with van der Waals surface area (Å²) >= 11 is 0. The molecule has 0 spiro atoms. The zero-order chi connectivity index (χ0) is 17.1. The van der Waals surface area contributed by atoms with Gasteiger partial charge in [-0.25, -0.2) is 0 Å². The largest absolute Gasteiger partial charge is 0.496 e. The van der Waals surface area contributed by atoms with Gasteiger partial charge in [0.05, 0.1) is 18.1 Å². The van der Waals surface area contributed by atoms with Crippen LogP contribution in [-0.2, 0) is 0 Å². The molecule has 126 valence electrons. The van der Waals surface area contributed by atoms with Crippen molar-refractivity contribution in [2.45, 2.75) is 45.3 Å². The van der Waals surface area contributed by atoms with E-state index >= 15 is 0 Å². The number of nitro groups is 1. The van der Waals surface area contributed by atoms with Gasteiger partial charge < -0.3 is 14.7 Å². The van der Waals surface area contributed by atoms with E-state index in [-0.39, 0.29) is 23.2 Å². The number of aliphatic hydroxyl groups excluding tert-OH is 1. The van der Waals surface area contributed by atoms with Crippen molar-refractivity contribution in [1.29, 1.82) is 0 Å². The van der Waals surface area contributed by atoms with Crippen molar-refractivity contribution in [3.05, 3.63) is 33.4 Å². The van der Waals surface area contributed by atoms with Crippen molar-refractivity contribution in [3.63, 3.8) is 0 Å². The predicted octanol–water partition coefficient (Wildman–Crippen LogP) is 2.29. The molecule has 1 aliphatic rings. The van der Waals surface area contributed by atoms with Gasteiger partial charge >= 0.3 is 0 Å². The van der Waals surface area contributed by atoms with Crippen LogP contribution in [0.25, 0.3) is 0 Å². The first-order valence-corrected chi connectivity index (χ1v) is 7.71. The van der Waals surface area contributed by atoms with Crippen LogP contribution in [0.1, 0.15) is 42.1 Å². The molecule has 2 atom stereocenters. The average molecular weight is 322 g/mol. The number of hydrogen-bond acceptors (Lipinski definition) is 5. The summed E-state index contributed by atoms with van der Waals surface area (Å²) < 4.78 is 5.19. The van der Waals surface area contributed by atoms with Gasteiger partial charge in [-0.1, -0.05) is 6.92 Å². The molecule has 0 saturated carbocycles. The van der Waals surface area contributed by atoms with Gasteiger partial charge in [0, 0.05) is 24.7 Å². The highest BCUT2D eigenvalue weighted by atomic mass is 16.6. The van der Waals surface area contributed by atoms with Gasteiger partial charge in [-0.15, -0.1) is 0 Å².